The molecule has 1 heterocycles. The van der Waals surface area contributed by atoms with Gasteiger partial charge in [-0.15, -0.1) is 0 Å². The fourth-order valence-electron chi connectivity index (χ4n) is 2.40. The van der Waals surface area contributed by atoms with Crippen molar-refractivity contribution >= 4 is 11.9 Å². The third kappa shape index (κ3) is 5.43. The van der Waals surface area contributed by atoms with Crippen molar-refractivity contribution in [3.05, 3.63) is 48.2 Å². The predicted octanol–water partition coefficient (Wildman–Crippen LogP) is 3.56. The lowest BCUT2D eigenvalue weighted by molar-refractivity contribution is -0.143. The van der Waals surface area contributed by atoms with Crippen LogP contribution in [0.15, 0.2) is 48.2 Å². The molecule has 1 aliphatic carbocycles. The monoisotopic (exact) mass is 317 g/mol. The molecule has 1 amide bonds. The van der Waals surface area contributed by atoms with E-state index in [1.165, 1.54) is 6.26 Å². The average molecular weight is 317 g/mol. The standard InChI is InChI=1S/C18H23NO4/c1-2-22-18(21)11-7-6-10-17(20)19-12-13-23-16(14-19)15-8-4-3-5-9-15/h3-4,8,12-14H,2,5-7,9-11H2,1H3. The summed E-state index contributed by atoms with van der Waals surface area (Å²) in [6, 6.07) is 0. The molecule has 2 rings (SSSR count). The third-order valence-corrected chi connectivity index (χ3v) is 3.62. The van der Waals surface area contributed by atoms with Crippen LogP contribution in [0.3, 0.4) is 0 Å². The first kappa shape index (κ1) is 17.1. The van der Waals surface area contributed by atoms with E-state index in [9.17, 15) is 9.59 Å². The zero-order chi connectivity index (χ0) is 16.5. The largest absolute Gasteiger partial charge is 0.466 e. The number of amides is 1. The van der Waals surface area contributed by atoms with E-state index in [2.05, 4.69) is 6.08 Å². The molecular weight excluding hydrogens is 294 g/mol. The van der Waals surface area contributed by atoms with Crippen molar-refractivity contribution < 1.29 is 19.1 Å². The lowest BCUT2D eigenvalue weighted by atomic mass is 10.0. The molecule has 5 heteroatoms. The van der Waals surface area contributed by atoms with E-state index in [1.54, 1.807) is 24.2 Å². The van der Waals surface area contributed by atoms with Crippen molar-refractivity contribution in [1.29, 1.82) is 0 Å². The molecule has 0 aromatic carbocycles. The molecule has 0 saturated carbocycles. The summed E-state index contributed by atoms with van der Waals surface area (Å²) >= 11 is 0. The number of rotatable bonds is 7. The van der Waals surface area contributed by atoms with Crippen LogP contribution in [0.4, 0.5) is 0 Å². The number of esters is 1. The van der Waals surface area contributed by atoms with Gasteiger partial charge in [0, 0.05) is 19.0 Å². The van der Waals surface area contributed by atoms with Gasteiger partial charge < -0.3 is 9.47 Å². The minimum Gasteiger partial charge on any atom is -0.466 e. The Kier molecular flexibility index (Phi) is 6.66. The summed E-state index contributed by atoms with van der Waals surface area (Å²) in [5.41, 5.74) is 1.09. The number of nitrogens with zero attached hydrogens (tertiary/aromatic N) is 1. The highest BCUT2D eigenvalue weighted by Crippen LogP contribution is 2.24. The van der Waals surface area contributed by atoms with E-state index in [0.29, 0.717) is 32.3 Å². The van der Waals surface area contributed by atoms with E-state index in [-0.39, 0.29) is 11.9 Å². The number of hydrogen-bond donors (Lipinski definition) is 0. The fourth-order valence-corrected chi connectivity index (χ4v) is 2.40. The van der Waals surface area contributed by atoms with Crippen molar-refractivity contribution in [2.24, 2.45) is 0 Å². The molecule has 2 aliphatic rings. The van der Waals surface area contributed by atoms with Gasteiger partial charge in [0.1, 0.15) is 12.0 Å². The van der Waals surface area contributed by atoms with Gasteiger partial charge in [-0.1, -0.05) is 18.2 Å². The lowest BCUT2D eigenvalue weighted by Crippen LogP contribution is -2.23. The lowest BCUT2D eigenvalue weighted by Gasteiger charge is -2.21. The highest BCUT2D eigenvalue weighted by atomic mass is 16.5. The van der Waals surface area contributed by atoms with E-state index in [0.717, 1.165) is 24.2 Å². The van der Waals surface area contributed by atoms with Crippen molar-refractivity contribution in [2.75, 3.05) is 6.61 Å². The van der Waals surface area contributed by atoms with Crippen LogP contribution in [0.2, 0.25) is 0 Å². The molecule has 0 N–H and O–H groups in total. The van der Waals surface area contributed by atoms with Crippen molar-refractivity contribution in [3.8, 4) is 0 Å². The van der Waals surface area contributed by atoms with Gasteiger partial charge in [0.05, 0.1) is 12.8 Å². The van der Waals surface area contributed by atoms with Crippen LogP contribution < -0.4 is 0 Å². The summed E-state index contributed by atoms with van der Waals surface area (Å²) in [5.74, 6) is 0.514. The second-order valence-corrected chi connectivity index (χ2v) is 5.37. The van der Waals surface area contributed by atoms with Crippen molar-refractivity contribution in [1.82, 2.24) is 4.90 Å². The van der Waals surface area contributed by atoms with Gasteiger partial charge in [0.25, 0.3) is 0 Å². The first-order chi connectivity index (χ1) is 11.2. The Morgan fingerprint density at radius 1 is 1.30 bits per heavy atom. The SMILES string of the molecule is CCOC(=O)CCCCC(=O)N1C=COC(C2=CC=CCC2)=C1. The predicted molar refractivity (Wildman–Crippen MR) is 86.7 cm³/mol. The summed E-state index contributed by atoms with van der Waals surface area (Å²) < 4.78 is 10.4. The average Bonchev–Trinajstić information content (AvgIpc) is 2.60. The minimum atomic E-state index is -0.203. The van der Waals surface area contributed by atoms with Gasteiger partial charge in [-0.2, -0.15) is 0 Å². The van der Waals surface area contributed by atoms with Gasteiger partial charge >= 0.3 is 5.97 Å². The van der Waals surface area contributed by atoms with Crippen LogP contribution in [0, 0.1) is 0 Å². The number of carbonyl (C=O) groups is 2. The van der Waals surface area contributed by atoms with Crippen LogP contribution in [0.5, 0.6) is 0 Å². The van der Waals surface area contributed by atoms with Crippen molar-refractivity contribution in [2.45, 2.75) is 45.4 Å². The normalized spacial score (nSPS) is 16.5. The van der Waals surface area contributed by atoms with E-state index in [1.807, 2.05) is 12.2 Å². The van der Waals surface area contributed by atoms with Gasteiger partial charge in [-0.05, 0) is 38.2 Å². The second-order valence-electron chi connectivity index (χ2n) is 5.37. The maximum Gasteiger partial charge on any atom is 0.305 e. The summed E-state index contributed by atoms with van der Waals surface area (Å²) in [7, 11) is 0. The maximum absolute atomic E-state index is 12.2. The van der Waals surface area contributed by atoms with E-state index < -0.39 is 0 Å². The minimum absolute atomic E-state index is 0.00198. The highest BCUT2D eigenvalue weighted by molar-refractivity contribution is 5.78. The Balaban J connectivity index is 1.80. The number of hydrogen-bond acceptors (Lipinski definition) is 4. The van der Waals surface area contributed by atoms with Gasteiger partial charge in [0.2, 0.25) is 5.91 Å². The molecule has 0 aromatic heterocycles. The fraction of sp³-hybridized carbons (Fsp3) is 0.444. The Morgan fingerprint density at radius 3 is 2.87 bits per heavy atom. The van der Waals surface area contributed by atoms with Gasteiger partial charge in [0.15, 0.2) is 0 Å². The van der Waals surface area contributed by atoms with Gasteiger partial charge in [-0.3, -0.25) is 14.5 Å². The highest BCUT2D eigenvalue weighted by Gasteiger charge is 2.16. The van der Waals surface area contributed by atoms with Crippen LogP contribution in [-0.2, 0) is 19.1 Å². The molecule has 0 fully saturated rings. The van der Waals surface area contributed by atoms with E-state index >= 15 is 0 Å². The number of ether oxygens (including phenoxy) is 2. The maximum atomic E-state index is 12.2. The van der Waals surface area contributed by atoms with Crippen LogP contribution in [-0.4, -0.2) is 23.4 Å². The van der Waals surface area contributed by atoms with Crippen LogP contribution >= 0.6 is 0 Å². The zero-order valence-electron chi connectivity index (χ0n) is 13.5. The Morgan fingerprint density at radius 2 is 2.13 bits per heavy atom. The molecule has 0 unspecified atom stereocenters. The van der Waals surface area contributed by atoms with Crippen molar-refractivity contribution in [3.63, 3.8) is 0 Å². The number of allylic oxidation sites excluding steroid dienone is 4. The third-order valence-electron chi connectivity index (χ3n) is 3.62. The molecule has 0 spiro atoms. The quantitative estimate of drug-likeness (QED) is 0.532. The molecule has 0 saturated heterocycles. The Bertz CT molecular complexity index is 557. The van der Waals surface area contributed by atoms with Crippen LogP contribution in [0.25, 0.3) is 0 Å². The smallest absolute Gasteiger partial charge is 0.305 e. The van der Waals surface area contributed by atoms with E-state index in [4.69, 9.17) is 9.47 Å². The van der Waals surface area contributed by atoms with Gasteiger partial charge in [-0.25, -0.2) is 0 Å². The Labute approximate surface area is 136 Å². The molecule has 0 atom stereocenters. The number of carbonyl (C=O) groups excluding carboxylic acids is 2. The zero-order valence-corrected chi connectivity index (χ0v) is 13.5. The summed E-state index contributed by atoms with van der Waals surface area (Å²) in [6.07, 6.45) is 15.0. The molecule has 0 aromatic rings. The molecular formula is C18H23NO4. The Hall–Kier alpha value is -2.30. The molecule has 0 radical (unpaired) electrons. The first-order valence-electron chi connectivity index (χ1n) is 8.08. The first-order valence-corrected chi connectivity index (χ1v) is 8.08. The number of unbranched alkanes of at least 4 members (excludes halogenated alkanes) is 1. The topological polar surface area (TPSA) is 55.8 Å². The second kappa shape index (κ2) is 8.98. The molecule has 23 heavy (non-hydrogen) atoms. The molecule has 124 valence electrons. The summed E-state index contributed by atoms with van der Waals surface area (Å²) in [5, 5.41) is 0. The molecule has 5 nitrogen and oxygen atoms in total. The summed E-state index contributed by atoms with van der Waals surface area (Å²) in [6.45, 7) is 2.18. The van der Waals surface area contributed by atoms with Crippen LogP contribution in [0.1, 0.15) is 45.4 Å². The summed E-state index contributed by atoms with van der Waals surface area (Å²) in [4.78, 5) is 25.0. The molecule has 1 aliphatic heterocycles. The molecule has 0 bridgehead atoms.